The molecule has 5 atom stereocenters. The van der Waals surface area contributed by atoms with Crippen molar-refractivity contribution in [2.24, 2.45) is 5.41 Å². The maximum atomic E-state index is 13.4. The molecule has 1 aromatic carbocycles. The molecule has 4 heterocycles. The molecule has 5 rings (SSSR count). The lowest BCUT2D eigenvalue weighted by Crippen LogP contribution is -2.45. The molecule has 19 heteroatoms. The third-order valence-corrected chi connectivity index (χ3v) is 10.7. The number of anilines is 1. The van der Waals surface area contributed by atoms with Gasteiger partial charge in [-0.2, -0.15) is 8.42 Å². The van der Waals surface area contributed by atoms with E-state index in [1.54, 1.807) is 59.1 Å². The van der Waals surface area contributed by atoms with E-state index >= 15 is 0 Å². The summed E-state index contributed by atoms with van der Waals surface area (Å²) in [5.41, 5.74) is 6.66. The van der Waals surface area contributed by atoms with E-state index in [4.69, 9.17) is 33.6 Å². The monoisotopic (exact) mass is 831 g/mol. The third-order valence-electron chi connectivity index (χ3n) is 9.73. The highest BCUT2D eigenvalue weighted by Crippen LogP contribution is 2.44. The van der Waals surface area contributed by atoms with E-state index in [1.807, 2.05) is 45.4 Å². The summed E-state index contributed by atoms with van der Waals surface area (Å²) in [6.07, 6.45) is -1.10. The molecule has 58 heavy (non-hydrogen) atoms. The van der Waals surface area contributed by atoms with Gasteiger partial charge in [0.25, 0.3) is 0 Å². The average Bonchev–Trinajstić information content (AvgIpc) is 3.70. The number of nitrogens with one attached hydrogen (secondary N) is 2. The van der Waals surface area contributed by atoms with Gasteiger partial charge in [0.2, 0.25) is 5.91 Å². The molecular formula is C39H57N7O11S. The standard InChI is InChI=1S/C39H57N7O11S/c1-21-15-22(2)28(23(16-21)54-35(49)44-25(36(3,4)5)13-14-27(48)55-37(6,7)8)38(9,10)17-26(47)45-58(50,51)52-18-24-30-31(57-39(11,12)56-30)34(53-24)46-20-43-29-32(40)41-19-42-33(29)46/h15-16,19-20,24-25,30-31,34H,13-14,17-18H2,1-12H3,(H,44,49)(H,45,47)(H2,40,41,42)/t24-,25+,30-,31-,34-/m1/s1. The Hall–Kier alpha value is -4.43. The highest BCUT2D eigenvalue weighted by molar-refractivity contribution is 7.85. The number of imidazole rings is 1. The van der Waals surface area contributed by atoms with Crippen molar-refractivity contribution < 1.29 is 50.7 Å². The minimum Gasteiger partial charge on any atom is -0.460 e. The molecule has 18 nitrogen and oxygen atoms in total. The number of amides is 2. The van der Waals surface area contributed by atoms with Gasteiger partial charge in [-0.05, 0) is 77.5 Å². The zero-order valence-corrected chi connectivity index (χ0v) is 36.1. The molecule has 2 aromatic heterocycles. The van der Waals surface area contributed by atoms with Crippen LogP contribution < -0.4 is 20.5 Å². The maximum Gasteiger partial charge on any atom is 0.412 e. The van der Waals surface area contributed by atoms with E-state index in [0.29, 0.717) is 23.1 Å². The second-order valence-corrected chi connectivity index (χ2v) is 19.4. The number of aryl methyl sites for hydroxylation is 2. The first-order chi connectivity index (χ1) is 26.6. The molecule has 0 bridgehead atoms. The van der Waals surface area contributed by atoms with Crippen LogP contribution in [0.2, 0.25) is 0 Å². The van der Waals surface area contributed by atoms with Crippen molar-refractivity contribution >= 4 is 45.3 Å². The van der Waals surface area contributed by atoms with Crippen molar-refractivity contribution in [1.29, 1.82) is 0 Å². The predicted octanol–water partition coefficient (Wildman–Crippen LogP) is 4.81. The summed E-state index contributed by atoms with van der Waals surface area (Å²) in [7, 11) is -4.65. The van der Waals surface area contributed by atoms with Crippen molar-refractivity contribution in [2.45, 2.75) is 150 Å². The topological polar surface area (TPSA) is 234 Å². The van der Waals surface area contributed by atoms with E-state index < -0.39 is 81.7 Å². The summed E-state index contributed by atoms with van der Waals surface area (Å²) in [5, 5.41) is 2.90. The van der Waals surface area contributed by atoms with Crippen LogP contribution in [0.5, 0.6) is 5.75 Å². The van der Waals surface area contributed by atoms with Crippen LogP contribution in [0.4, 0.5) is 10.6 Å². The largest absolute Gasteiger partial charge is 0.460 e. The van der Waals surface area contributed by atoms with E-state index in [0.717, 1.165) is 11.1 Å². The molecule has 2 aliphatic heterocycles. The van der Waals surface area contributed by atoms with Gasteiger partial charge in [-0.1, -0.05) is 40.7 Å². The Morgan fingerprint density at radius 2 is 1.67 bits per heavy atom. The number of hydrogen-bond donors (Lipinski definition) is 3. The predicted molar refractivity (Wildman–Crippen MR) is 212 cm³/mol. The van der Waals surface area contributed by atoms with Crippen LogP contribution in [0, 0.1) is 19.3 Å². The third kappa shape index (κ3) is 10.8. The second-order valence-electron chi connectivity index (χ2n) is 18.1. The normalized spacial score (nSPS) is 21.4. The number of nitrogens with two attached hydrogens (primary N) is 1. The summed E-state index contributed by atoms with van der Waals surface area (Å²) in [6, 6.07) is 3.11. The first-order valence-electron chi connectivity index (χ1n) is 19.1. The van der Waals surface area contributed by atoms with E-state index in [-0.39, 0.29) is 30.4 Å². The van der Waals surface area contributed by atoms with Crippen LogP contribution >= 0.6 is 0 Å². The molecule has 2 fully saturated rings. The SMILES string of the molecule is Cc1cc(C)c(C(C)(C)CC(=O)NS(=O)(=O)OC[C@H]2O[C@@H](n3cnc4c(N)ncnc43)[C@@H]3OC(C)(C)O[C@@H]32)c(OC(=O)N[C@@H](CCC(=O)OC(C)(C)C)C(C)(C)C)c1. The molecule has 0 unspecified atom stereocenters. The Kier molecular flexibility index (Phi) is 12.6. The van der Waals surface area contributed by atoms with Gasteiger partial charge in [0, 0.05) is 29.9 Å². The number of rotatable bonds is 13. The van der Waals surface area contributed by atoms with Crippen molar-refractivity contribution in [3.63, 3.8) is 0 Å². The number of carbonyl (C=O) groups is 3. The molecular weight excluding hydrogens is 775 g/mol. The van der Waals surface area contributed by atoms with Crippen LogP contribution in [-0.4, -0.2) is 88.3 Å². The van der Waals surface area contributed by atoms with Crippen molar-refractivity contribution in [3.05, 3.63) is 41.5 Å². The summed E-state index contributed by atoms with van der Waals surface area (Å²) in [4.78, 5) is 51.8. The quantitative estimate of drug-likeness (QED) is 0.196. The van der Waals surface area contributed by atoms with E-state index in [1.165, 1.54) is 12.7 Å². The second kappa shape index (κ2) is 16.3. The van der Waals surface area contributed by atoms with Crippen molar-refractivity contribution in [2.75, 3.05) is 12.3 Å². The Balaban J connectivity index is 1.24. The summed E-state index contributed by atoms with van der Waals surface area (Å²) in [5.74, 6) is -1.88. The van der Waals surface area contributed by atoms with Gasteiger partial charge in [0.1, 0.15) is 41.5 Å². The van der Waals surface area contributed by atoms with Gasteiger partial charge in [-0.3, -0.25) is 18.3 Å². The van der Waals surface area contributed by atoms with Crippen LogP contribution in [-0.2, 0) is 48.4 Å². The lowest BCUT2D eigenvalue weighted by molar-refractivity contribution is -0.198. The fourth-order valence-corrected chi connectivity index (χ4v) is 8.17. The van der Waals surface area contributed by atoms with Gasteiger partial charge >= 0.3 is 22.4 Å². The number of aromatic nitrogens is 4. The number of esters is 1. The van der Waals surface area contributed by atoms with Crippen LogP contribution in [0.1, 0.15) is 111 Å². The Morgan fingerprint density at radius 3 is 2.33 bits per heavy atom. The number of nitrogen functional groups attached to an aromatic ring is 1. The fourth-order valence-electron chi connectivity index (χ4n) is 7.45. The molecule has 3 aromatic rings. The minimum atomic E-state index is -4.65. The number of fused-ring (bicyclic) bond motifs is 2. The lowest BCUT2D eigenvalue weighted by Gasteiger charge is -2.32. The number of hydrogen-bond acceptors (Lipinski definition) is 15. The van der Waals surface area contributed by atoms with Crippen molar-refractivity contribution in [1.82, 2.24) is 29.6 Å². The fraction of sp³-hybridized carbons (Fsp3) is 0.641. The zero-order chi connectivity index (χ0) is 43.2. The van der Waals surface area contributed by atoms with E-state index in [9.17, 15) is 22.8 Å². The molecule has 2 saturated heterocycles. The lowest BCUT2D eigenvalue weighted by atomic mass is 9.78. The zero-order valence-electron chi connectivity index (χ0n) is 35.3. The number of carbonyl (C=O) groups excluding carboxylic acids is 3. The highest BCUT2D eigenvalue weighted by atomic mass is 32.2. The van der Waals surface area contributed by atoms with Gasteiger partial charge in [0.05, 0.1) is 12.9 Å². The minimum absolute atomic E-state index is 0.0907. The molecule has 0 aliphatic carbocycles. The Morgan fingerprint density at radius 1 is 1.00 bits per heavy atom. The first kappa shape index (κ1) is 44.7. The first-order valence-corrected chi connectivity index (χ1v) is 20.5. The molecule has 0 spiro atoms. The molecule has 0 radical (unpaired) electrons. The maximum absolute atomic E-state index is 13.4. The molecule has 2 amide bonds. The van der Waals surface area contributed by atoms with Gasteiger partial charge in [-0.15, -0.1) is 0 Å². The van der Waals surface area contributed by atoms with Gasteiger partial charge in [-0.25, -0.2) is 24.5 Å². The van der Waals surface area contributed by atoms with Crippen LogP contribution in [0.15, 0.2) is 24.8 Å². The van der Waals surface area contributed by atoms with Crippen LogP contribution in [0.25, 0.3) is 11.2 Å². The average molecular weight is 832 g/mol. The highest BCUT2D eigenvalue weighted by Gasteiger charge is 2.56. The number of ether oxygens (including phenoxy) is 5. The van der Waals surface area contributed by atoms with Crippen molar-refractivity contribution in [3.8, 4) is 5.75 Å². The number of benzene rings is 1. The smallest absolute Gasteiger partial charge is 0.412 e. The van der Waals surface area contributed by atoms with Gasteiger partial charge in [0.15, 0.2) is 23.5 Å². The molecule has 4 N–H and O–H groups in total. The molecule has 2 aliphatic rings. The number of nitrogens with zero attached hydrogens (tertiary/aromatic N) is 4. The molecule has 0 saturated carbocycles. The van der Waals surface area contributed by atoms with Gasteiger partial charge < -0.3 is 34.7 Å². The summed E-state index contributed by atoms with van der Waals surface area (Å²) < 4.78 is 65.1. The van der Waals surface area contributed by atoms with E-state index in [2.05, 4.69) is 20.3 Å². The molecule has 320 valence electrons. The Bertz CT molecular complexity index is 2140. The van der Waals surface area contributed by atoms with Crippen LogP contribution in [0.3, 0.4) is 0 Å². The summed E-state index contributed by atoms with van der Waals surface area (Å²) >= 11 is 0. The summed E-state index contributed by atoms with van der Waals surface area (Å²) in [6.45, 7) is 21.3. The Labute approximate surface area is 339 Å².